The lowest BCUT2D eigenvalue weighted by Gasteiger charge is -2.11. The highest BCUT2D eigenvalue weighted by atomic mass is 32.1. The lowest BCUT2D eigenvalue weighted by Crippen LogP contribution is -2.13. The van der Waals surface area contributed by atoms with E-state index in [0.29, 0.717) is 27.8 Å². The molecule has 1 unspecified atom stereocenters. The van der Waals surface area contributed by atoms with Crippen LogP contribution in [-0.4, -0.2) is 10.8 Å². The largest absolute Gasteiger partial charge is 0.397 e. The second kappa shape index (κ2) is 8.67. The summed E-state index contributed by atoms with van der Waals surface area (Å²) in [6.45, 7) is 0. The molecule has 150 valence electrons. The molecule has 1 atom stereocenters. The lowest BCUT2D eigenvalue weighted by atomic mass is 10.0. The molecule has 0 saturated heterocycles. The summed E-state index contributed by atoms with van der Waals surface area (Å²) in [4.78, 5) is 23.4. The summed E-state index contributed by atoms with van der Waals surface area (Å²) in [5.41, 5.74) is 10.0. The van der Waals surface area contributed by atoms with Gasteiger partial charge in [0.25, 0.3) is 5.91 Å². The van der Waals surface area contributed by atoms with E-state index in [-0.39, 0.29) is 5.91 Å². The molecular weight excluding hydrogens is 415 g/mol. The Hall–Kier alpha value is -3.18. The van der Waals surface area contributed by atoms with Crippen molar-refractivity contribution >= 4 is 42.0 Å². The molecule has 5 nitrogen and oxygen atoms in total. The number of rotatable bonds is 5. The topological polar surface area (TPSA) is 92.4 Å². The van der Waals surface area contributed by atoms with Crippen LogP contribution in [0.3, 0.4) is 0 Å². The van der Waals surface area contributed by atoms with Gasteiger partial charge in [-0.15, -0.1) is 11.3 Å². The highest BCUT2D eigenvalue weighted by molar-refractivity contribution is 7.47. The van der Waals surface area contributed by atoms with Gasteiger partial charge in [0, 0.05) is 15.7 Å². The number of nitrogen functional groups attached to an aromatic ring is 1. The van der Waals surface area contributed by atoms with E-state index >= 15 is 0 Å². The van der Waals surface area contributed by atoms with Gasteiger partial charge >= 0.3 is 0 Å². The zero-order chi connectivity index (χ0) is 21.1. The summed E-state index contributed by atoms with van der Waals surface area (Å²) in [7, 11) is -2.82. The number of hydrogen-bond acceptors (Lipinski definition) is 4. The molecule has 1 heterocycles. The summed E-state index contributed by atoms with van der Waals surface area (Å²) in [5.74, 6) is -0.277. The third-order valence-corrected chi connectivity index (χ3v) is 6.54. The Morgan fingerprint density at radius 1 is 0.933 bits per heavy atom. The third kappa shape index (κ3) is 4.21. The van der Waals surface area contributed by atoms with Crippen molar-refractivity contribution in [3.63, 3.8) is 0 Å². The first kappa shape index (κ1) is 20.1. The minimum absolute atomic E-state index is 0.277. The highest BCUT2D eigenvalue weighted by Crippen LogP contribution is 2.31. The molecular formula is C23H19N2O3PS. The number of amides is 1. The smallest absolute Gasteiger partial charge is 0.255 e. The maximum absolute atomic E-state index is 12.7. The van der Waals surface area contributed by atoms with E-state index in [0.717, 1.165) is 16.0 Å². The van der Waals surface area contributed by atoms with Crippen molar-refractivity contribution < 1.29 is 14.3 Å². The summed E-state index contributed by atoms with van der Waals surface area (Å²) in [5, 5.41) is 5.27. The third-order valence-electron chi connectivity index (χ3n) is 4.72. The molecule has 0 aliphatic heterocycles. The molecule has 0 aliphatic rings. The number of hydrogen-bond donors (Lipinski definition) is 3. The normalized spacial score (nSPS) is 11.8. The van der Waals surface area contributed by atoms with E-state index in [1.54, 1.807) is 59.9 Å². The van der Waals surface area contributed by atoms with Crippen LogP contribution in [0.15, 0.2) is 84.2 Å². The van der Waals surface area contributed by atoms with Gasteiger partial charge in [-0.25, -0.2) is 0 Å². The number of carbonyl (C=O) groups excluding carboxylic acids is 1. The Kier molecular flexibility index (Phi) is 5.81. The summed E-state index contributed by atoms with van der Waals surface area (Å²) in [6.07, 6.45) is 0. The van der Waals surface area contributed by atoms with Crippen molar-refractivity contribution in [2.75, 3.05) is 11.1 Å². The van der Waals surface area contributed by atoms with Crippen LogP contribution in [0.4, 0.5) is 11.4 Å². The van der Waals surface area contributed by atoms with Crippen LogP contribution in [0.25, 0.3) is 21.6 Å². The van der Waals surface area contributed by atoms with Crippen molar-refractivity contribution in [3.8, 4) is 21.6 Å². The molecule has 1 amide bonds. The van der Waals surface area contributed by atoms with Crippen LogP contribution in [0.2, 0.25) is 0 Å². The average molecular weight is 434 g/mol. The fourth-order valence-electron chi connectivity index (χ4n) is 3.18. The van der Waals surface area contributed by atoms with Crippen LogP contribution in [0.1, 0.15) is 10.4 Å². The first-order chi connectivity index (χ1) is 14.5. The maximum Gasteiger partial charge on any atom is 0.255 e. The van der Waals surface area contributed by atoms with E-state index in [1.165, 1.54) is 0 Å². The Balaban J connectivity index is 1.57. The van der Waals surface area contributed by atoms with Crippen molar-refractivity contribution in [1.82, 2.24) is 0 Å². The van der Waals surface area contributed by atoms with E-state index in [2.05, 4.69) is 5.32 Å². The molecule has 0 saturated carbocycles. The van der Waals surface area contributed by atoms with Crippen molar-refractivity contribution in [2.24, 2.45) is 0 Å². The number of nitrogens with one attached hydrogen (secondary N) is 1. The average Bonchev–Trinajstić information content (AvgIpc) is 3.30. The molecule has 1 aromatic heterocycles. The minimum Gasteiger partial charge on any atom is -0.397 e. The molecule has 4 rings (SSSR count). The van der Waals surface area contributed by atoms with Crippen LogP contribution >= 0.6 is 19.4 Å². The monoisotopic (exact) mass is 434 g/mol. The zero-order valence-electron chi connectivity index (χ0n) is 15.8. The molecule has 0 fully saturated rings. The number of carbonyl (C=O) groups is 1. The van der Waals surface area contributed by atoms with E-state index < -0.39 is 8.03 Å². The van der Waals surface area contributed by atoms with Crippen LogP contribution in [-0.2, 0) is 4.57 Å². The quantitative estimate of drug-likeness (QED) is 0.304. The second-order valence-corrected chi connectivity index (χ2v) is 8.76. The van der Waals surface area contributed by atoms with E-state index in [1.807, 2.05) is 35.7 Å². The number of benzene rings is 3. The lowest BCUT2D eigenvalue weighted by molar-refractivity contribution is 0.102. The van der Waals surface area contributed by atoms with Crippen LogP contribution < -0.4 is 16.4 Å². The molecule has 30 heavy (non-hydrogen) atoms. The number of anilines is 2. The van der Waals surface area contributed by atoms with Gasteiger partial charge in [0.2, 0.25) is 8.03 Å². The molecule has 7 heteroatoms. The number of thiophene rings is 1. The Morgan fingerprint density at radius 3 is 2.37 bits per heavy atom. The first-order valence-corrected chi connectivity index (χ1v) is 11.4. The number of nitrogens with two attached hydrogens (primary N) is 1. The van der Waals surface area contributed by atoms with Gasteiger partial charge in [0.1, 0.15) is 0 Å². The van der Waals surface area contributed by atoms with Gasteiger partial charge < -0.3 is 15.9 Å². The minimum atomic E-state index is -2.82. The summed E-state index contributed by atoms with van der Waals surface area (Å²) in [6, 6.07) is 23.4. The van der Waals surface area contributed by atoms with Crippen molar-refractivity contribution in [2.45, 2.75) is 0 Å². The zero-order valence-corrected chi connectivity index (χ0v) is 17.6. The first-order valence-electron chi connectivity index (χ1n) is 9.20. The standard InChI is InChI=1S/C23H19N2O3PS/c24-19-12-11-17(22-6-3-13-30-22)14-20(19)25-23(26)16-9-7-15(8-10-16)18-4-1-2-5-21(18)29(27)28/h1-14,29H,24H2,(H,25,26)(H,27,28). The Bertz CT molecular complexity index is 1220. The molecule has 4 N–H and O–H groups in total. The molecule has 0 aliphatic carbocycles. The van der Waals surface area contributed by atoms with Crippen molar-refractivity contribution in [3.05, 3.63) is 89.8 Å². The molecule has 0 bridgehead atoms. The molecule has 0 radical (unpaired) electrons. The molecule has 4 aromatic rings. The van der Waals surface area contributed by atoms with Crippen LogP contribution in [0.5, 0.6) is 0 Å². The summed E-state index contributed by atoms with van der Waals surface area (Å²) < 4.78 is 11.6. The highest BCUT2D eigenvalue weighted by Gasteiger charge is 2.12. The maximum atomic E-state index is 12.7. The van der Waals surface area contributed by atoms with Crippen molar-refractivity contribution in [1.29, 1.82) is 0 Å². The van der Waals surface area contributed by atoms with Crippen LogP contribution in [0, 0.1) is 0 Å². The fourth-order valence-corrected chi connectivity index (χ4v) is 4.60. The SMILES string of the molecule is Nc1ccc(-c2cccs2)cc1NC(=O)c1ccc(-c2ccccc2[PH](=O)O)cc1. The van der Waals surface area contributed by atoms with E-state index in [4.69, 9.17) is 5.73 Å². The summed E-state index contributed by atoms with van der Waals surface area (Å²) >= 11 is 1.62. The second-order valence-electron chi connectivity index (χ2n) is 6.66. The van der Waals surface area contributed by atoms with Gasteiger partial charge in [-0.3, -0.25) is 9.36 Å². The molecule has 3 aromatic carbocycles. The predicted octanol–water partition coefficient (Wildman–Crippen LogP) is 5.01. The van der Waals surface area contributed by atoms with Gasteiger partial charge in [-0.05, 0) is 58.5 Å². The molecule has 0 spiro atoms. The fraction of sp³-hybridized carbons (Fsp3) is 0. The van der Waals surface area contributed by atoms with Gasteiger partial charge in [0.15, 0.2) is 0 Å². The Morgan fingerprint density at radius 2 is 1.67 bits per heavy atom. The van der Waals surface area contributed by atoms with E-state index in [9.17, 15) is 14.3 Å². The van der Waals surface area contributed by atoms with Gasteiger partial charge in [-0.2, -0.15) is 0 Å². The predicted molar refractivity (Wildman–Crippen MR) is 125 cm³/mol. The van der Waals surface area contributed by atoms with Gasteiger partial charge in [0.05, 0.1) is 11.4 Å². The Labute approximate surface area is 178 Å². The van der Waals surface area contributed by atoms with Gasteiger partial charge in [-0.1, -0.05) is 42.5 Å².